The van der Waals surface area contributed by atoms with E-state index in [2.05, 4.69) is 10.3 Å². The maximum atomic E-state index is 6.08. The van der Waals surface area contributed by atoms with Crippen molar-refractivity contribution in [2.75, 3.05) is 20.8 Å². The quantitative estimate of drug-likeness (QED) is 0.760. The number of hydrogen-bond donors (Lipinski definition) is 1. The van der Waals surface area contributed by atoms with E-state index in [-0.39, 0.29) is 6.04 Å². The monoisotopic (exact) mass is 228 g/mol. The normalized spacial score (nSPS) is 12.7. The van der Waals surface area contributed by atoms with E-state index in [1.807, 2.05) is 19.2 Å². The topological polar surface area (TPSA) is 34.1 Å². The molecule has 0 spiro atoms. The van der Waals surface area contributed by atoms with Crippen molar-refractivity contribution in [3.8, 4) is 0 Å². The van der Waals surface area contributed by atoms with Crippen LogP contribution in [0.1, 0.15) is 24.6 Å². The predicted molar refractivity (Wildman–Crippen MR) is 62.2 cm³/mol. The standard InChI is InChI=1S/C11H17ClN2O/c1-13-10(6-4-8-15-2)11-9(12)5-3-7-14-11/h3,5,7,10,13H,4,6,8H2,1-2H3. The fourth-order valence-corrected chi connectivity index (χ4v) is 1.76. The highest BCUT2D eigenvalue weighted by Gasteiger charge is 2.13. The lowest BCUT2D eigenvalue weighted by Gasteiger charge is -2.16. The molecular formula is C11H17ClN2O. The SMILES string of the molecule is CNC(CCCOC)c1ncccc1Cl. The van der Waals surface area contributed by atoms with Gasteiger partial charge in [-0.05, 0) is 32.0 Å². The van der Waals surface area contributed by atoms with Crippen molar-refractivity contribution in [2.24, 2.45) is 0 Å². The molecule has 0 fully saturated rings. The molecule has 0 saturated heterocycles. The second-order valence-electron chi connectivity index (χ2n) is 3.35. The van der Waals surface area contributed by atoms with E-state index in [1.165, 1.54) is 0 Å². The molecule has 1 aromatic rings. The Morgan fingerprint density at radius 2 is 2.40 bits per heavy atom. The van der Waals surface area contributed by atoms with Gasteiger partial charge in [0.05, 0.1) is 16.8 Å². The zero-order valence-electron chi connectivity index (χ0n) is 9.16. The molecule has 0 aliphatic heterocycles. The maximum absolute atomic E-state index is 6.08. The van der Waals surface area contributed by atoms with Crippen molar-refractivity contribution < 1.29 is 4.74 Å². The minimum Gasteiger partial charge on any atom is -0.385 e. The lowest BCUT2D eigenvalue weighted by Crippen LogP contribution is -2.18. The number of methoxy groups -OCH3 is 1. The Kier molecular flexibility index (Phi) is 5.61. The molecule has 0 saturated carbocycles. The van der Waals surface area contributed by atoms with E-state index < -0.39 is 0 Å². The molecule has 0 aliphatic carbocycles. The summed E-state index contributed by atoms with van der Waals surface area (Å²) < 4.78 is 5.02. The van der Waals surface area contributed by atoms with Crippen LogP contribution in [0.5, 0.6) is 0 Å². The van der Waals surface area contributed by atoms with Gasteiger partial charge in [0.1, 0.15) is 0 Å². The lowest BCUT2D eigenvalue weighted by molar-refractivity contribution is 0.189. The summed E-state index contributed by atoms with van der Waals surface area (Å²) in [6, 6.07) is 3.91. The molecule has 1 atom stereocenters. The molecule has 0 aromatic carbocycles. The summed E-state index contributed by atoms with van der Waals surface area (Å²) in [5.41, 5.74) is 0.915. The van der Waals surface area contributed by atoms with Crippen LogP contribution in [0.4, 0.5) is 0 Å². The summed E-state index contributed by atoms with van der Waals surface area (Å²) in [5, 5.41) is 3.93. The molecule has 0 bridgehead atoms. The minimum absolute atomic E-state index is 0.203. The summed E-state index contributed by atoms with van der Waals surface area (Å²) >= 11 is 6.08. The Morgan fingerprint density at radius 1 is 1.60 bits per heavy atom. The van der Waals surface area contributed by atoms with E-state index >= 15 is 0 Å². The molecule has 0 amide bonds. The van der Waals surface area contributed by atoms with Gasteiger partial charge in [-0.2, -0.15) is 0 Å². The number of ether oxygens (including phenoxy) is 1. The number of rotatable bonds is 6. The third kappa shape index (κ3) is 3.78. The molecule has 3 nitrogen and oxygen atoms in total. The van der Waals surface area contributed by atoms with Crippen molar-refractivity contribution in [3.63, 3.8) is 0 Å². The van der Waals surface area contributed by atoms with Crippen molar-refractivity contribution in [1.29, 1.82) is 0 Å². The number of nitrogens with zero attached hydrogens (tertiary/aromatic N) is 1. The summed E-state index contributed by atoms with van der Waals surface area (Å²) in [6.45, 7) is 0.767. The second kappa shape index (κ2) is 6.77. The molecule has 1 N–H and O–H groups in total. The van der Waals surface area contributed by atoms with Gasteiger partial charge in [-0.1, -0.05) is 11.6 Å². The van der Waals surface area contributed by atoms with E-state index in [9.17, 15) is 0 Å². The van der Waals surface area contributed by atoms with Crippen LogP contribution < -0.4 is 5.32 Å². The van der Waals surface area contributed by atoms with Gasteiger partial charge in [0.25, 0.3) is 0 Å². The average Bonchev–Trinajstić information content (AvgIpc) is 2.26. The molecule has 4 heteroatoms. The average molecular weight is 229 g/mol. The molecule has 1 aromatic heterocycles. The summed E-state index contributed by atoms with van der Waals surface area (Å²) in [7, 11) is 3.63. The third-order valence-electron chi connectivity index (χ3n) is 2.31. The van der Waals surface area contributed by atoms with E-state index in [4.69, 9.17) is 16.3 Å². The Bertz CT molecular complexity index is 294. The van der Waals surface area contributed by atoms with Crippen molar-refractivity contribution in [3.05, 3.63) is 29.0 Å². The molecular weight excluding hydrogens is 212 g/mol. The van der Waals surface area contributed by atoms with Crippen LogP contribution in [0.3, 0.4) is 0 Å². The number of pyridine rings is 1. The molecule has 1 rings (SSSR count). The fourth-order valence-electron chi connectivity index (χ4n) is 1.50. The van der Waals surface area contributed by atoms with Crippen LogP contribution in [0, 0.1) is 0 Å². The molecule has 1 unspecified atom stereocenters. The number of hydrogen-bond acceptors (Lipinski definition) is 3. The highest BCUT2D eigenvalue weighted by Crippen LogP contribution is 2.23. The van der Waals surface area contributed by atoms with E-state index in [0.717, 1.165) is 25.1 Å². The highest BCUT2D eigenvalue weighted by atomic mass is 35.5. The molecule has 15 heavy (non-hydrogen) atoms. The van der Waals surface area contributed by atoms with Crippen molar-refractivity contribution in [2.45, 2.75) is 18.9 Å². The highest BCUT2D eigenvalue weighted by molar-refractivity contribution is 6.31. The lowest BCUT2D eigenvalue weighted by atomic mass is 10.1. The summed E-state index contributed by atoms with van der Waals surface area (Å²) in [6.07, 6.45) is 3.73. The van der Waals surface area contributed by atoms with Crippen LogP contribution >= 0.6 is 11.6 Å². The smallest absolute Gasteiger partial charge is 0.0758 e. The van der Waals surface area contributed by atoms with E-state index in [0.29, 0.717) is 5.02 Å². The zero-order chi connectivity index (χ0) is 11.1. The van der Waals surface area contributed by atoms with Gasteiger partial charge < -0.3 is 10.1 Å². The second-order valence-corrected chi connectivity index (χ2v) is 3.75. The van der Waals surface area contributed by atoms with Crippen molar-refractivity contribution in [1.82, 2.24) is 10.3 Å². The van der Waals surface area contributed by atoms with Crippen LogP contribution in [0.15, 0.2) is 18.3 Å². The van der Waals surface area contributed by atoms with Gasteiger partial charge in [-0.3, -0.25) is 4.98 Å². The van der Waals surface area contributed by atoms with E-state index in [1.54, 1.807) is 13.3 Å². The molecule has 1 heterocycles. The number of aromatic nitrogens is 1. The number of halogens is 1. The van der Waals surface area contributed by atoms with Gasteiger partial charge in [-0.15, -0.1) is 0 Å². The largest absolute Gasteiger partial charge is 0.385 e. The zero-order valence-corrected chi connectivity index (χ0v) is 9.92. The first kappa shape index (κ1) is 12.4. The van der Waals surface area contributed by atoms with Crippen LogP contribution in [-0.2, 0) is 4.74 Å². The molecule has 0 radical (unpaired) electrons. The number of nitrogens with one attached hydrogen (secondary N) is 1. The molecule has 84 valence electrons. The van der Waals surface area contributed by atoms with Gasteiger partial charge in [0.2, 0.25) is 0 Å². The minimum atomic E-state index is 0.203. The summed E-state index contributed by atoms with van der Waals surface area (Å²) in [5.74, 6) is 0. The van der Waals surface area contributed by atoms with Gasteiger partial charge >= 0.3 is 0 Å². The first-order chi connectivity index (χ1) is 7.29. The first-order valence-electron chi connectivity index (χ1n) is 5.06. The van der Waals surface area contributed by atoms with Gasteiger partial charge in [0, 0.05) is 19.9 Å². The Labute approximate surface area is 95.8 Å². The Balaban J connectivity index is 2.61. The van der Waals surface area contributed by atoms with Crippen LogP contribution in [0.25, 0.3) is 0 Å². The Morgan fingerprint density at radius 3 is 3.00 bits per heavy atom. The molecule has 0 aliphatic rings. The predicted octanol–water partition coefficient (Wildman–Crippen LogP) is 2.42. The fraction of sp³-hybridized carbons (Fsp3) is 0.545. The Hall–Kier alpha value is -0.640. The van der Waals surface area contributed by atoms with Gasteiger partial charge in [-0.25, -0.2) is 0 Å². The van der Waals surface area contributed by atoms with Gasteiger partial charge in [0.15, 0.2) is 0 Å². The van der Waals surface area contributed by atoms with Crippen LogP contribution in [0.2, 0.25) is 5.02 Å². The van der Waals surface area contributed by atoms with Crippen molar-refractivity contribution >= 4 is 11.6 Å². The third-order valence-corrected chi connectivity index (χ3v) is 2.63. The first-order valence-corrected chi connectivity index (χ1v) is 5.44. The maximum Gasteiger partial charge on any atom is 0.0758 e. The summed E-state index contributed by atoms with van der Waals surface area (Å²) in [4.78, 5) is 4.29. The van der Waals surface area contributed by atoms with Crippen LogP contribution in [-0.4, -0.2) is 25.7 Å².